The summed E-state index contributed by atoms with van der Waals surface area (Å²) in [6.07, 6.45) is 0.636. The molecule has 2 N–H and O–H groups in total. The fourth-order valence-electron chi connectivity index (χ4n) is 0.258. The van der Waals surface area contributed by atoms with Crippen LogP contribution in [0.2, 0.25) is 0 Å². The predicted molar refractivity (Wildman–Crippen MR) is 35.6 cm³/mol. The van der Waals surface area contributed by atoms with Gasteiger partial charge < -0.3 is 10.2 Å². The SMILES string of the molecule is CC(C)(C)O[Si]CN. The topological polar surface area (TPSA) is 35.2 Å². The van der Waals surface area contributed by atoms with E-state index in [-0.39, 0.29) is 5.60 Å². The van der Waals surface area contributed by atoms with E-state index in [0.29, 0.717) is 15.9 Å². The summed E-state index contributed by atoms with van der Waals surface area (Å²) in [6, 6.07) is 0. The molecule has 8 heavy (non-hydrogen) atoms. The van der Waals surface area contributed by atoms with E-state index in [1.54, 1.807) is 0 Å². The summed E-state index contributed by atoms with van der Waals surface area (Å²) in [4.78, 5) is 0. The summed E-state index contributed by atoms with van der Waals surface area (Å²) < 4.78 is 5.28. The van der Waals surface area contributed by atoms with Gasteiger partial charge in [0.05, 0.1) is 0 Å². The summed E-state index contributed by atoms with van der Waals surface area (Å²) >= 11 is 0. The third kappa shape index (κ3) is 6.14. The van der Waals surface area contributed by atoms with Crippen molar-refractivity contribution in [1.82, 2.24) is 0 Å². The van der Waals surface area contributed by atoms with E-state index in [9.17, 15) is 0 Å². The standard InChI is InChI=1S/C5H13NOSi/c1-5(2,3)7-8-4-6/h4,6H2,1-3H3. The third-order valence-electron chi connectivity index (χ3n) is 0.462. The van der Waals surface area contributed by atoms with Crippen molar-refractivity contribution in [1.29, 1.82) is 0 Å². The van der Waals surface area contributed by atoms with E-state index < -0.39 is 0 Å². The van der Waals surface area contributed by atoms with Gasteiger partial charge in [0.1, 0.15) is 0 Å². The molecule has 0 rings (SSSR count). The zero-order valence-corrected chi connectivity index (χ0v) is 6.69. The van der Waals surface area contributed by atoms with Gasteiger partial charge in [-0.1, -0.05) is 0 Å². The molecule has 0 unspecified atom stereocenters. The lowest BCUT2D eigenvalue weighted by atomic mass is 10.2. The fourth-order valence-corrected chi connectivity index (χ4v) is 0.775. The Labute approximate surface area is 53.4 Å². The molecule has 0 bridgehead atoms. The number of rotatable bonds is 2. The number of nitrogens with two attached hydrogens (primary N) is 1. The average molecular weight is 131 g/mol. The van der Waals surface area contributed by atoms with Crippen LogP contribution < -0.4 is 5.73 Å². The van der Waals surface area contributed by atoms with Crippen LogP contribution in [0, 0.1) is 0 Å². The van der Waals surface area contributed by atoms with Crippen molar-refractivity contribution in [2.75, 3.05) is 6.17 Å². The minimum absolute atomic E-state index is 0.0161. The molecule has 0 atom stereocenters. The summed E-state index contributed by atoms with van der Waals surface area (Å²) in [5, 5.41) is 0. The highest BCUT2D eigenvalue weighted by Crippen LogP contribution is 2.03. The van der Waals surface area contributed by atoms with Crippen molar-refractivity contribution < 1.29 is 4.43 Å². The molecule has 0 aromatic rings. The van der Waals surface area contributed by atoms with Gasteiger partial charge in [-0.25, -0.2) is 0 Å². The van der Waals surface area contributed by atoms with Crippen LogP contribution in [0.15, 0.2) is 0 Å². The molecule has 2 nitrogen and oxygen atoms in total. The van der Waals surface area contributed by atoms with Crippen molar-refractivity contribution in [2.45, 2.75) is 26.4 Å². The van der Waals surface area contributed by atoms with Gasteiger partial charge in [0.2, 0.25) is 9.76 Å². The highest BCUT2D eigenvalue weighted by Gasteiger charge is 2.07. The van der Waals surface area contributed by atoms with Crippen LogP contribution in [0.5, 0.6) is 0 Å². The largest absolute Gasteiger partial charge is 0.411 e. The van der Waals surface area contributed by atoms with Crippen molar-refractivity contribution in [3.05, 3.63) is 0 Å². The van der Waals surface area contributed by atoms with E-state index in [0.717, 1.165) is 0 Å². The zero-order chi connectivity index (χ0) is 6.62. The van der Waals surface area contributed by atoms with E-state index in [4.69, 9.17) is 10.2 Å². The number of hydrogen-bond donors (Lipinski definition) is 1. The summed E-state index contributed by atoms with van der Waals surface area (Å²) in [5.41, 5.74) is 5.21. The maximum Gasteiger partial charge on any atom is 0.245 e. The van der Waals surface area contributed by atoms with Crippen LogP contribution in [-0.4, -0.2) is 21.5 Å². The third-order valence-corrected chi connectivity index (χ3v) is 1.39. The molecule has 2 radical (unpaired) electrons. The van der Waals surface area contributed by atoms with Crippen LogP contribution in [0.1, 0.15) is 20.8 Å². The molecule has 0 amide bonds. The summed E-state index contributed by atoms with van der Waals surface area (Å²) in [5.74, 6) is 0. The zero-order valence-electron chi connectivity index (χ0n) is 5.69. The first-order valence-corrected chi connectivity index (χ1v) is 3.79. The normalized spacial score (nSPS) is 12.0. The summed E-state index contributed by atoms with van der Waals surface area (Å²) in [6.45, 7) is 6.07. The predicted octanol–water partition coefficient (Wildman–Crippen LogP) is 0.337. The molecule has 0 saturated carbocycles. The minimum atomic E-state index is -0.0161. The first-order valence-electron chi connectivity index (χ1n) is 2.67. The molecule has 0 aromatic carbocycles. The molecule has 48 valence electrons. The van der Waals surface area contributed by atoms with Gasteiger partial charge in [0.15, 0.2) is 0 Å². The second-order valence-corrected chi connectivity index (χ2v) is 3.46. The van der Waals surface area contributed by atoms with Crippen LogP contribution in [0.25, 0.3) is 0 Å². The van der Waals surface area contributed by atoms with Gasteiger partial charge in [-0.3, -0.25) is 0 Å². The van der Waals surface area contributed by atoms with Crippen molar-refractivity contribution in [3.63, 3.8) is 0 Å². The molecule has 0 aliphatic rings. The lowest BCUT2D eigenvalue weighted by molar-refractivity contribution is 0.138. The van der Waals surface area contributed by atoms with Crippen molar-refractivity contribution in [2.24, 2.45) is 5.73 Å². The van der Waals surface area contributed by atoms with Gasteiger partial charge in [-0.05, 0) is 20.8 Å². The molecule has 0 fully saturated rings. The van der Waals surface area contributed by atoms with Crippen molar-refractivity contribution >= 4 is 9.76 Å². The van der Waals surface area contributed by atoms with Gasteiger partial charge in [-0.15, -0.1) is 0 Å². The Morgan fingerprint density at radius 1 is 1.50 bits per heavy atom. The highest BCUT2D eigenvalue weighted by molar-refractivity contribution is 6.27. The molecule has 0 aromatic heterocycles. The first-order chi connectivity index (χ1) is 3.56. The van der Waals surface area contributed by atoms with Crippen LogP contribution >= 0.6 is 0 Å². The molecule has 0 spiro atoms. The molecule has 3 heteroatoms. The monoisotopic (exact) mass is 131 g/mol. The van der Waals surface area contributed by atoms with Crippen LogP contribution in [-0.2, 0) is 4.43 Å². The molecular weight excluding hydrogens is 118 g/mol. The van der Waals surface area contributed by atoms with Gasteiger partial charge in [0.25, 0.3) is 0 Å². The molecule has 0 aliphatic carbocycles. The highest BCUT2D eigenvalue weighted by atomic mass is 28.2. The second kappa shape index (κ2) is 3.22. The molecular formula is C5H13NOSi. The van der Waals surface area contributed by atoms with E-state index >= 15 is 0 Å². The smallest absolute Gasteiger partial charge is 0.245 e. The van der Waals surface area contributed by atoms with Crippen LogP contribution in [0.4, 0.5) is 0 Å². The minimum Gasteiger partial charge on any atom is -0.411 e. The summed E-state index contributed by atoms with van der Waals surface area (Å²) in [7, 11) is 0.444. The van der Waals surface area contributed by atoms with Gasteiger partial charge in [0, 0.05) is 11.8 Å². The van der Waals surface area contributed by atoms with Crippen molar-refractivity contribution in [3.8, 4) is 0 Å². The maximum atomic E-state index is 5.28. The fraction of sp³-hybridized carbons (Fsp3) is 1.00. The second-order valence-electron chi connectivity index (χ2n) is 2.56. The van der Waals surface area contributed by atoms with Crippen LogP contribution in [0.3, 0.4) is 0 Å². The molecule has 0 heterocycles. The maximum absolute atomic E-state index is 5.28. The van der Waals surface area contributed by atoms with Gasteiger partial charge >= 0.3 is 0 Å². The molecule has 0 saturated heterocycles. The Morgan fingerprint density at radius 2 is 2.00 bits per heavy atom. The Bertz CT molecular complexity index is 59.9. The Kier molecular flexibility index (Phi) is 3.27. The van der Waals surface area contributed by atoms with E-state index in [1.807, 2.05) is 20.8 Å². The van der Waals surface area contributed by atoms with Gasteiger partial charge in [-0.2, -0.15) is 0 Å². The lowest BCUT2D eigenvalue weighted by Gasteiger charge is -2.18. The van der Waals surface area contributed by atoms with E-state index in [2.05, 4.69) is 0 Å². The Hall–Kier alpha value is 0.137. The average Bonchev–Trinajstić information content (AvgIpc) is 1.59. The molecule has 0 aliphatic heterocycles. The Morgan fingerprint density at radius 3 is 2.12 bits per heavy atom. The first kappa shape index (κ1) is 8.14. The lowest BCUT2D eigenvalue weighted by Crippen LogP contribution is -2.25. The van der Waals surface area contributed by atoms with E-state index in [1.165, 1.54) is 0 Å². The Balaban J connectivity index is 3.11. The number of hydrogen-bond acceptors (Lipinski definition) is 2. The quantitative estimate of drug-likeness (QED) is 0.548.